The van der Waals surface area contributed by atoms with Crippen molar-refractivity contribution in [1.82, 2.24) is 10.4 Å². The minimum absolute atomic E-state index is 0.0239. The van der Waals surface area contributed by atoms with Crippen LogP contribution in [0.2, 0.25) is 0 Å². The highest BCUT2D eigenvalue weighted by atomic mass is 16.7. The number of methoxy groups -OCH3 is 1. The van der Waals surface area contributed by atoms with Gasteiger partial charge < -0.3 is 14.8 Å². The summed E-state index contributed by atoms with van der Waals surface area (Å²) >= 11 is 0. The minimum atomic E-state index is -0.742. The van der Waals surface area contributed by atoms with Gasteiger partial charge in [-0.15, -0.1) is 0 Å². The molecule has 1 aromatic carbocycles. The molecule has 1 unspecified atom stereocenters. The Morgan fingerprint density at radius 2 is 2.20 bits per heavy atom. The van der Waals surface area contributed by atoms with E-state index in [9.17, 15) is 9.59 Å². The lowest BCUT2D eigenvalue weighted by Crippen LogP contribution is -2.43. The molecule has 20 heavy (non-hydrogen) atoms. The lowest BCUT2D eigenvalue weighted by molar-refractivity contribution is -0.183. The standard InChI is InChI=1S/C13H16N2O5/c1-18-9-15-12(16)11(8-20-15)14-13(17)19-7-10-5-3-2-4-6-10/h2-6,11H,7-9H2,1H3,(H,14,17). The highest BCUT2D eigenvalue weighted by molar-refractivity contribution is 5.86. The van der Waals surface area contributed by atoms with Crippen molar-refractivity contribution < 1.29 is 23.9 Å². The third-order valence-electron chi connectivity index (χ3n) is 2.69. The fraction of sp³-hybridized carbons (Fsp3) is 0.385. The SMILES string of the molecule is COCN1OCC(NC(=O)OCc2ccccc2)C1=O. The molecule has 1 atom stereocenters. The Morgan fingerprint density at radius 1 is 1.45 bits per heavy atom. The number of nitrogens with one attached hydrogen (secondary N) is 1. The molecule has 2 rings (SSSR count). The monoisotopic (exact) mass is 280 g/mol. The maximum Gasteiger partial charge on any atom is 0.408 e. The Kier molecular flexibility index (Phi) is 4.91. The first-order valence-electron chi connectivity index (χ1n) is 6.11. The number of hydroxylamine groups is 2. The molecule has 0 aromatic heterocycles. The van der Waals surface area contributed by atoms with Crippen LogP contribution >= 0.6 is 0 Å². The molecule has 0 saturated carbocycles. The van der Waals surface area contributed by atoms with Crippen LogP contribution in [0.5, 0.6) is 0 Å². The van der Waals surface area contributed by atoms with Crippen molar-refractivity contribution in [2.75, 3.05) is 20.4 Å². The highest BCUT2D eigenvalue weighted by Crippen LogP contribution is 2.08. The van der Waals surface area contributed by atoms with Gasteiger partial charge in [0, 0.05) is 7.11 Å². The van der Waals surface area contributed by atoms with E-state index in [0.717, 1.165) is 10.6 Å². The van der Waals surface area contributed by atoms with E-state index in [-0.39, 0.29) is 25.9 Å². The number of nitrogens with zero attached hydrogens (tertiary/aromatic N) is 1. The summed E-state index contributed by atoms with van der Waals surface area (Å²) in [7, 11) is 1.45. The van der Waals surface area contributed by atoms with Gasteiger partial charge in [-0.3, -0.25) is 9.63 Å². The molecule has 7 nitrogen and oxygen atoms in total. The van der Waals surface area contributed by atoms with Crippen LogP contribution in [-0.2, 0) is 25.7 Å². The van der Waals surface area contributed by atoms with Gasteiger partial charge in [0.05, 0.1) is 0 Å². The first-order valence-corrected chi connectivity index (χ1v) is 6.11. The maximum atomic E-state index is 11.8. The molecule has 1 N–H and O–H groups in total. The van der Waals surface area contributed by atoms with E-state index in [2.05, 4.69) is 5.32 Å². The van der Waals surface area contributed by atoms with Crippen molar-refractivity contribution >= 4 is 12.0 Å². The second-order valence-electron chi connectivity index (χ2n) is 4.19. The van der Waals surface area contributed by atoms with E-state index in [0.29, 0.717) is 0 Å². The second kappa shape index (κ2) is 6.88. The molecule has 1 aromatic rings. The molecule has 0 radical (unpaired) electrons. The summed E-state index contributed by atoms with van der Waals surface area (Å²) in [6.07, 6.45) is -0.657. The lowest BCUT2D eigenvalue weighted by atomic mass is 10.2. The van der Waals surface area contributed by atoms with E-state index in [1.54, 1.807) is 0 Å². The third kappa shape index (κ3) is 3.69. The Hall–Kier alpha value is -2.12. The summed E-state index contributed by atoms with van der Waals surface area (Å²) in [5, 5.41) is 3.51. The number of carbonyl (C=O) groups is 2. The highest BCUT2D eigenvalue weighted by Gasteiger charge is 2.34. The average Bonchev–Trinajstić information content (AvgIpc) is 2.80. The number of ether oxygens (including phenoxy) is 2. The summed E-state index contributed by atoms with van der Waals surface area (Å²) in [5.74, 6) is -0.358. The normalized spacial score (nSPS) is 18.1. The molecule has 7 heteroatoms. The van der Waals surface area contributed by atoms with Crippen molar-refractivity contribution in [1.29, 1.82) is 0 Å². The molecule has 1 saturated heterocycles. The average molecular weight is 280 g/mol. The molecular formula is C13H16N2O5. The lowest BCUT2D eigenvalue weighted by Gasteiger charge is -2.13. The molecule has 108 valence electrons. The summed E-state index contributed by atoms with van der Waals surface area (Å²) in [5.41, 5.74) is 0.873. The van der Waals surface area contributed by atoms with Crippen molar-refractivity contribution in [2.45, 2.75) is 12.6 Å². The molecule has 0 aliphatic carbocycles. The molecule has 1 fully saturated rings. The third-order valence-corrected chi connectivity index (χ3v) is 2.69. The topological polar surface area (TPSA) is 77.1 Å². The van der Waals surface area contributed by atoms with Gasteiger partial charge >= 0.3 is 6.09 Å². The predicted molar refractivity (Wildman–Crippen MR) is 68.2 cm³/mol. The van der Waals surface area contributed by atoms with Gasteiger partial charge in [0.1, 0.15) is 26.0 Å². The van der Waals surface area contributed by atoms with Crippen LogP contribution in [0, 0.1) is 0 Å². The smallest absolute Gasteiger partial charge is 0.408 e. The number of carbonyl (C=O) groups excluding carboxylic acids is 2. The Bertz CT molecular complexity index is 465. The van der Waals surface area contributed by atoms with Crippen LogP contribution in [0.1, 0.15) is 5.56 Å². The van der Waals surface area contributed by atoms with Gasteiger partial charge in [-0.25, -0.2) is 4.79 Å². The molecule has 1 aliphatic heterocycles. The Morgan fingerprint density at radius 3 is 2.90 bits per heavy atom. The fourth-order valence-corrected chi connectivity index (χ4v) is 1.70. The number of amides is 2. The van der Waals surface area contributed by atoms with Crippen molar-refractivity contribution in [3.63, 3.8) is 0 Å². The zero-order valence-corrected chi connectivity index (χ0v) is 11.1. The van der Waals surface area contributed by atoms with E-state index >= 15 is 0 Å². The van der Waals surface area contributed by atoms with Gasteiger partial charge in [-0.2, -0.15) is 5.06 Å². The van der Waals surface area contributed by atoms with Crippen LogP contribution in [0.3, 0.4) is 0 Å². The van der Waals surface area contributed by atoms with Crippen LogP contribution in [-0.4, -0.2) is 43.6 Å². The van der Waals surface area contributed by atoms with E-state index in [1.807, 2.05) is 30.3 Å². The quantitative estimate of drug-likeness (QED) is 0.857. The molecule has 0 bridgehead atoms. The first kappa shape index (κ1) is 14.3. The molecule has 0 spiro atoms. The van der Waals surface area contributed by atoms with Gasteiger partial charge in [-0.05, 0) is 5.56 Å². The molecule has 2 amide bonds. The van der Waals surface area contributed by atoms with Gasteiger partial charge in [0.15, 0.2) is 0 Å². The Balaban J connectivity index is 1.76. The molecule has 1 heterocycles. The second-order valence-corrected chi connectivity index (χ2v) is 4.19. The number of hydrogen-bond donors (Lipinski definition) is 1. The van der Waals surface area contributed by atoms with Crippen LogP contribution in [0.25, 0.3) is 0 Å². The van der Waals surface area contributed by atoms with E-state index < -0.39 is 12.1 Å². The molecular weight excluding hydrogens is 264 g/mol. The van der Waals surface area contributed by atoms with Gasteiger partial charge in [-0.1, -0.05) is 30.3 Å². The predicted octanol–water partition coefficient (Wildman–Crippen LogP) is 0.659. The van der Waals surface area contributed by atoms with Crippen LogP contribution in [0.15, 0.2) is 30.3 Å². The zero-order chi connectivity index (χ0) is 14.4. The minimum Gasteiger partial charge on any atom is -0.445 e. The maximum absolute atomic E-state index is 11.8. The van der Waals surface area contributed by atoms with E-state index in [1.165, 1.54) is 7.11 Å². The van der Waals surface area contributed by atoms with Gasteiger partial charge in [0.25, 0.3) is 5.91 Å². The Labute approximate surface area is 116 Å². The number of benzene rings is 1. The number of hydrogen-bond acceptors (Lipinski definition) is 5. The van der Waals surface area contributed by atoms with Crippen LogP contribution in [0.4, 0.5) is 4.79 Å². The summed E-state index contributed by atoms with van der Waals surface area (Å²) in [6, 6.07) is 8.53. The summed E-state index contributed by atoms with van der Waals surface area (Å²) < 4.78 is 9.82. The summed E-state index contributed by atoms with van der Waals surface area (Å²) in [6.45, 7) is 0.245. The van der Waals surface area contributed by atoms with Crippen molar-refractivity contribution in [3.05, 3.63) is 35.9 Å². The van der Waals surface area contributed by atoms with Crippen LogP contribution < -0.4 is 5.32 Å². The zero-order valence-electron chi connectivity index (χ0n) is 11.1. The van der Waals surface area contributed by atoms with Crippen molar-refractivity contribution in [3.8, 4) is 0 Å². The van der Waals surface area contributed by atoms with Gasteiger partial charge in [0.2, 0.25) is 0 Å². The number of alkyl carbamates (subject to hydrolysis) is 1. The fourth-order valence-electron chi connectivity index (χ4n) is 1.70. The van der Waals surface area contributed by atoms with E-state index in [4.69, 9.17) is 14.3 Å². The largest absolute Gasteiger partial charge is 0.445 e. The first-order chi connectivity index (χ1) is 9.70. The summed E-state index contributed by atoms with van der Waals surface area (Å²) in [4.78, 5) is 28.4. The number of rotatable bonds is 5. The molecule has 1 aliphatic rings. The van der Waals surface area contributed by atoms with Crippen molar-refractivity contribution in [2.24, 2.45) is 0 Å².